The highest BCUT2D eigenvalue weighted by atomic mass is 32.1. The molecule has 0 saturated heterocycles. The van der Waals surface area contributed by atoms with Gasteiger partial charge in [-0.3, -0.25) is 4.79 Å². The molecule has 20 heavy (non-hydrogen) atoms. The largest absolute Gasteiger partial charge is 0.492 e. The maximum absolute atomic E-state index is 12.1. The van der Waals surface area contributed by atoms with Gasteiger partial charge in [0.15, 0.2) is 0 Å². The molecule has 0 spiro atoms. The molecule has 3 N–H and O–H groups in total. The first kappa shape index (κ1) is 14.6. The zero-order chi connectivity index (χ0) is 14.5. The normalized spacial score (nSPS) is 10.3. The molecule has 1 amide bonds. The Bertz CT molecular complexity index is 571. The number of hydrogen-bond acceptors (Lipinski definition) is 4. The van der Waals surface area contributed by atoms with Crippen LogP contribution in [-0.4, -0.2) is 19.1 Å². The third kappa shape index (κ3) is 3.59. The predicted octanol–water partition coefficient (Wildman–Crippen LogP) is 2.95. The average Bonchev–Trinajstić information content (AvgIpc) is 2.78. The van der Waals surface area contributed by atoms with Crippen molar-refractivity contribution in [2.24, 2.45) is 5.73 Å². The minimum atomic E-state index is -0.0816. The van der Waals surface area contributed by atoms with Crippen LogP contribution in [-0.2, 0) is 0 Å². The fraction of sp³-hybridized carbons (Fsp3) is 0.267. The van der Waals surface area contributed by atoms with Gasteiger partial charge in [-0.25, -0.2) is 0 Å². The molecule has 0 aliphatic carbocycles. The van der Waals surface area contributed by atoms with Crippen molar-refractivity contribution in [3.63, 3.8) is 0 Å². The molecule has 0 unspecified atom stereocenters. The molecule has 2 rings (SSSR count). The van der Waals surface area contributed by atoms with E-state index in [-0.39, 0.29) is 5.91 Å². The average molecular weight is 290 g/mol. The van der Waals surface area contributed by atoms with Crippen molar-refractivity contribution in [1.29, 1.82) is 0 Å². The number of thiophene rings is 1. The summed E-state index contributed by atoms with van der Waals surface area (Å²) >= 11 is 1.51. The van der Waals surface area contributed by atoms with E-state index in [4.69, 9.17) is 10.5 Å². The van der Waals surface area contributed by atoms with Gasteiger partial charge in [-0.15, -0.1) is 11.3 Å². The van der Waals surface area contributed by atoms with Gasteiger partial charge in [0, 0.05) is 17.1 Å². The van der Waals surface area contributed by atoms with E-state index in [9.17, 15) is 4.79 Å². The minimum absolute atomic E-state index is 0.0816. The third-order valence-corrected chi connectivity index (χ3v) is 4.04. The van der Waals surface area contributed by atoms with Crippen LogP contribution in [0.15, 0.2) is 30.3 Å². The number of nitrogens with one attached hydrogen (secondary N) is 1. The quantitative estimate of drug-likeness (QED) is 0.890. The lowest BCUT2D eigenvalue weighted by molar-refractivity contribution is 0.103. The van der Waals surface area contributed by atoms with E-state index in [0.29, 0.717) is 13.2 Å². The molecule has 106 valence electrons. The number of aryl methyl sites for hydroxylation is 2. The highest BCUT2D eigenvalue weighted by molar-refractivity contribution is 7.14. The van der Waals surface area contributed by atoms with Crippen LogP contribution in [0.5, 0.6) is 5.75 Å². The monoisotopic (exact) mass is 290 g/mol. The van der Waals surface area contributed by atoms with Crippen LogP contribution < -0.4 is 15.8 Å². The zero-order valence-electron chi connectivity index (χ0n) is 11.6. The number of carbonyl (C=O) groups is 1. The zero-order valence-corrected chi connectivity index (χ0v) is 12.4. The van der Waals surface area contributed by atoms with E-state index in [0.717, 1.165) is 21.9 Å². The summed E-state index contributed by atoms with van der Waals surface area (Å²) in [5.74, 6) is 0.665. The first-order chi connectivity index (χ1) is 9.60. The van der Waals surface area contributed by atoms with Gasteiger partial charge in [-0.2, -0.15) is 0 Å². The van der Waals surface area contributed by atoms with Crippen LogP contribution in [0.25, 0.3) is 0 Å². The second kappa shape index (κ2) is 6.54. The van der Waals surface area contributed by atoms with Crippen molar-refractivity contribution in [3.8, 4) is 5.75 Å². The van der Waals surface area contributed by atoms with Crippen LogP contribution in [0.3, 0.4) is 0 Å². The Balaban J connectivity index is 2.00. The Morgan fingerprint density at radius 3 is 2.55 bits per heavy atom. The van der Waals surface area contributed by atoms with Crippen molar-refractivity contribution in [3.05, 3.63) is 45.6 Å². The molecule has 2 aromatic rings. The molecule has 0 atom stereocenters. The van der Waals surface area contributed by atoms with Crippen molar-refractivity contribution in [2.75, 3.05) is 18.5 Å². The summed E-state index contributed by atoms with van der Waals surface area (Å²) in [5, 5.41) is 2.87. The lowest BCUT2D eigenvalue weighted by atomic mass is 10.2. The van der Waals surface area contributed by atoms with E-state index >= 15 is 0 Å². The van der Waals surface area contributed by atoms with Crippen LogP contribution in [0.1, 0.15) is 20.1 Å². The molecule has 0 fully saturated rings. The van der Waals surface area contributed by atoms with Gasteiger partial charge in [0.1, 0.15) is 12.4 Å². The molecular formula is C15H18N2O2S. The van der Waals surface area contributed by atoms with Crippen molar-refractivity contribution < 1.29 is 9.53 Å². The highest BCUT2D eigenvalue weighted by Crippen LogP contribution is 2.22. The topological polar surface area (TPSA) is 64.3 Å². The van der Waals surface area contributed by atoms with Gasteiger partial charge >= 0.3 is 0 Å². The maximum atomic E-state index is 12.1. The Hall–Kier alpha value is -1.85. The van der Waals surface area contributed by atoms with Crippen LogP contribution in [0, 0.1) is 13.8 Å². The summed E-state index contributed by atoms with van der Waals surface area (Å²) in [5.41, 5.74) is 7.26. The second-order valence-corrected chi connectivity index (χ2v) is 5.72. The summed E-state index contributed by atoms with van der Waals surface area (Å²) in [7, 11) is 0. The number of benzene rings is 1. The maximum Gasteiger partial charge on any atom is 0.265 e. The van der Waals surface area contributed by atoms with Gasteiger partial charge in [0.2, 0.25) is 0 Å². The number of ether oxygens (including phenoxy) is 1. The van der Waals surface area contributed by atoms with Gasteiger partial charge in [0.25, 0.3) is 5.91 Å². The molecule has 0 radical (unpaired) electrons. The molecule has 0 aliphatic heterocycles. The van der Waals surface area contributed by atoms with Crippen molar-refractivity contribution in [1.82, 2.24) is 0 Å². The van der Waals surface area contributed by atoms with Crippen LogP contribution >= 0.6 is 11.3 Å². The van der Waals surface area contributed by atoms with Crippen LogP contribution in [0.4, 0.5) is 5.69 Å². The number of nitrogens with two attached hydrogens (primary N) is 1. The van der Waals surface area contributed by atoms with E-state index < -0.39 is 0 Å². The predicted molar refractivity (Wildman–Crippen MR) is 82.7 cm³/mol. The van der Waals surface area contributed by atoms with E-state index in [1.54, 1.807) is 0 Å². The smallest absolute Gasteiger partial charge is 0.265 e. The SMILES string of the molecule is Cc1cc(C(=O)Nc2ccc(OCCN)cc2)sc1C. The summed E-state index contributed by atoms with van der Waals surface area (Å²) in [6.45, 7) is 4.99. The molecule has 5 heteroatoms. The van der Waals surface area contributed by atoms with Crippen molar-refractivity contribution >= 4 is 22.9 Å². The molecule has 1 aromatic carbocycles. The molecule has 0 saturated carbocycles. The van der Waals surface area contributed by atoms with Gasteiger partial charge < -0.3 is 15.8 Å². The standard InChI is InChI=1S/C15H18N2O2S/c1-10-9-14(20-11(10)2)15(18)17-12-3-5-13(6-4-12)19-8-7-16/h3-6,9H,7-8,16H2,1-2H3,(H,17,18). The van der Waals surface area contributed by atoms with Gasteiger partial charge in [-0.05, 0) is 49.7 Å². The molecule has 4 nitrogen and oxygen atoms in total. The number of rotatable bonds is 5. The molecule has 0 aliphatic rings. The Morgan fingerprint density at radius 2 is 2.00 bits per heavy atom. The van der Waals surface area contributed by atoms with Crippen molar-refractivity contribution in [2.45, 2.75) is 13.8 Å². The summed E-state index contributed by atoms with van der Waals surface area (Å²) < 4.78 is 5.38. The van der Waals surface area contributed by atoms with E-state index in [1.165, 1.54) is 16.2 Å². The molecule has 1 aromatic heterocycles. The third-order valence-electron chi connectivity index (χ3n) is 2.89. The lowest BCUT2D eigenvalue weighted by Crippen LogP contribution is -2.11. The molecule has 0 bridgehead atoms. The summed E-state index contributed by atoms with van der Waals surface area (Å²) in [6, 6.07) is 9.18. The Morgan fingerprint density at radius 1 is 1.30 bits per heavy atom. The Kier molecular flexibility index (Phi) is 4.76. The number of anilines is 1. The van der Waals surface area contributed by atoms with E-state index in [2.05, 4.69) is 5.32 Å². The Labute approximate surface area is 122 Å². The first-order valence-electron chi connectivity index (χ1n) is 6.41. The minimum Gasteiger partial charge on any atom is -0.492 e. The first-order valence-corrected chi connectivity index (χ1v) is 7.23. The summed E-state index contributed by atoms with van der Waals surface area (Å²) in [4.78, 5) is 14.0. The lowest BCUT2D eigenvalue weighted by Gasteiger charge is -2.06. The second-order valence-electron chi connectivity index (χ2n) is 4.47. The van der Waals surface area contributed by atoms with Gasteiger partial charge in [-0.1, -0.05) is 0 Å². The fourth-order valence-electron chi connectivity index (χ4n) is 1.69. The van der Waals surface area contributed by atoms with E-state index in [1.807, 2.05) is 44.2 Å². The van der Waals surface area contributed by atoms with Gasteiger partial charge in [0.05, 0.1) is 4.88 Å². The number of hydrogen-bond donors (Lipinski definition) is 2. The molecular weight excluding hydrogens is 272 g/mol. The summed E-state index contributed by atoms with van der Waals surface area (Å²) in [6.07, 6.45) is 0. The highest BCUT2D eigenvalue weighted by Gasteiger charge is 2.10. The fourth-order valence-corrected chi connectivity index (χ4v) is 2.62. The number of carbonyl (C=O) groups excluding carboxylic acids is 1. The number of amides is 1. The van der Waals surface area contributed by atoms with Crippen LogP contribution in [0.2, 0.25) is 0 Å². The molecule has 1 heterocycles.